The molecule has 1 saturated heterocycles. The Morgan fingerprint density at radius 3 is 3.10 bits per heavy atom. The summed E-state index contributed by atoms with van der Waals surface area (Å²) < 4.78 is 10.5. The molecule has 1 aromatic rings. The first-order valence-corrected chi connectivity index (χ1v) is 6.46. The Balaban J connectivity index is 1.76. The number of anilines is 3. The normalized spacial score (nSPS) is 24.8. The number of benzene rings is 1. The molecule has 20 heavy (non-hydrogen) atoms. The van der Waals surface area contributed by atoms with E-state index < -0.39 is 5.60 Å². The number of rotatable bonds is 3. The van der Waals surface area contributed by atoms with Crippen LogP contribution in [0.15, 0.2) is 12.1 Å². The number of ether oxygens (including phenoxy) is 2. The van der Waals surface area contributed by atoms with Gasteiger partial charge in [-0.05, 0) is 6.07 Å². The number of hydrogen-bond acceptors (Lipinski definition) is 6. The fraction of sp³-hybridized carbons (Fsp3) is 0.462. The van der Waals surface area contributed by atoms with E-state index in [1.807, 2.05) is 0 Å². The van der Waals surface area contributed by atoms with Crippen molar-refractivity contribution in [2.75, 3.05) is 42.7 Å². The molecule has 1 fully saturated rings. The first-order valence-electron chi connectivity index (χ1n) is 6.46. The zero-order valence-corrected chi connectivity index (χ0v) is 10.9. The molecule has 0 saturated carbocycles. The van der Waals surface area contributed by atoms with Crippen LogP contribution in [0.4, 0.5) is 17.1 Å². The molecule has 7 heteroatoms. The zero-order chi connectivity index (χ0) is 14.2. The van der Waals surface area contributed by atoms with Crippen molar-refractivity contribution in [1.29, 1.82) is 0 Å². The highest BCUT2D eigenvalue weighted by atomic mass is 16.5. The maximum Gasteiger partial charge on any atom is 0.262 e. The summed E-state index contributed by atoms with van der Waals surface area (Å²) in [7, 11) is 0. The Hall–Kier alpha value is -1.99. The minimum Gasteiger partial charge on any atom is -0.482 e. The van der Waals surface area contributed by atoms with Gasteiger partial charge in [-0.3, -0.25) is 4.79 Å². The van der Waals surface area contributed by atoms with Gasteiger partial charge in [-0.25, -0.2) is 0 Å². The average molecular weight is 279 g/mol. The summed E-state index contributed by atoms with van der Waals surface area (Å²) in [4.78, 5) is 11.3. The summed E-state index contributed by atoms with van der Waals surface area (Å²) in [5.74, 6) is 0.353. The highest BCUT2D eigenvalue weighted by Crippen LogP contribution is 2.35. The number of nitrogens with two attached hydrogens (primary N) is 1. The van der Waals surface area contributed by atoms with Crippen LogP contribution in [0.2, 0.25) is 0 Å². The van der Waals surface area contributed by atoms with Crippen molar-refractivity contribution < 1.29 is 19.4 Å². The van der Waals surface area contributed by atoms with Gasteiger partial charge in [0.25, 0.3) is 5.91 Å². The molecule has 1 unspecified atom stereocenters. The summed E-state index contributed by atoms with van der Waals surface area (Å²) in [5, 5.41) is 16.0. The summed E-state index contributed by atoms with van der Waals surface area (Å²) in [6, 6.07) is 3.37. The molecule has 2 aliphatic rings. The van der Waals surface area contributed by atoms with Crippen LogP contribution in [0, 0.1) is 0 Å². The summed E-state index contributed by atoms with van der Waals surface area (Å²) in [6.45, 7) is 1.20. The molecule has 0 bridgehead atoms. The number of carbonyl (C=O) groups excluding carboxylic acids is 1. The van der Waals surface area contributed by atoms with Gasteiger partial charge in [-0.1, -0.05) is 0 Å². The van der Waals surface area contributed by atoms with Crippen molar-refractivity contribution in [2.45, 2.75) is 12.0 Å². The summed E-state index contributed by atoms with van der Waals surface area (Å²) in [6.07, 6.45) is 0.588. The standard InChI is InChI=1S/C13H17N3O4/c14-8-3-11-10(16-12(17)5-20-11)4-9(8)15-6-13(18)1-2-19-7-13/h3-4,15,18H,1-2,5-7,14H2,(H,16,17). The predicted molar refractivity (Wildman–Crippen MR) is 73.9 cm³/mol. The number of nitrogen functional groups attached to an aromatic ring is 1. The van der Waals surface area contributed by atoms with Crippen molar-refractivity contribution in [2.24, 2.45) is 0 Å². The Morgan fingerprint density at radius 1 is 1.50 bits per heavy atom. The summed E-state index contributed by atoms with van der Waals surface area (Å²) in [5.41, 5.74) is 6.79. The van der Waals surface area contributed by atoms with E-state index in [9.17, 15) is 9.90 Å². The first-order chi connectivity index (χ1) is 9.56. The van der Waals surface area contributed by atoms with Crippen LogP contribution in [-0.2, 0) is 9.53 Å². The molecular weight excluding hydrogens is 262 g/mol. The van der Waals surface area contributed by atoms with Crippen molar-refractivity contribution in [1.82, 2.24) is 0 Å². The van der Waals surface area contributed by atoms with Gasteiger partial charge in [0, 0.05) is 25.6 Å². The third kappa shape index (κ3) is 2.50. The fourth-order valence-electron chi connectivity index (χ4n) is 2.29. The molecule has 1 atom stereocenters. The van der Waals surface area contributed by atoms with Gasteiger partial charge in [-0.2, -0.15) is 0 Å². The smallest absolute Gasteiger partial charge is 0.262 e. The molecule has 1 amide bonds. The molecule has 0 radical (unpaired) electrons. The zero-order valence-electron chi connectivity index (χ0n) is 10.9. The highest BCUT2D eigenvalue weighted by Gasteiger charge is 2.32. The second-order valence-electron chi connectivity index (χ2n) is 5.15. The van der Waals surface area contributed by atoms with Crippen LogP contribution in [0.1, 0.15) is 6.42 Å². The molecule has 2 aliphatic heterocycles. The molecular formula is C13H17N3O4. The monoisotopic (exact) mass is 279 g/mol. The van der Waals surface area contributed by atoms with Gasteiger partial charge in [0.15, 0.2) is 6.61 Å². The van der Waals surface area contributed by atoms with E-state index in [2.05, 4.69) is 10.6 Å². The number of amides is 1. The second kappa shape index (κ2) is 4.84. The minimum atomic E-state index is -0.873. The molecule has 0 aliphatic carbocycles. The number of fused-ring (bicyclic) bond motifs is 1. The van der Waals surface area contributed by atoms with Crippen LogP contribution in [0.25, 0.3) is 0 Å². The summed E-state index contributed by atoms with van der Waals surface area (Å²) >= 11 is 0. The molecule has 0 spiro atoms. The van der Waals surface area contributed by atoms with E-state index in [0.29, 0.717) is 49.0 Å². The topological polar surface area (TPSA) is 106 Å². The van der Waals surface area contributed by atoms with E-state index in [1.165, 1.54) is 0 Å². The van der Waals surface area contributed by atoms with Crippen molar-refractivity contribution in [3.05, 3.63) is 12.1 Å². The van der Waals surface area contributed by atoms with Crippen molar-refractivity contribution in [3.63, 3.8) is 0 Å². The molecule has 0 aromatic heterocycles. The Labute approximate surface area is 116 Å². The second-order valence-corrected chi connectivity index (χ2v) is 5.15. The lowest BCUT2D eigenvalue weighted by Crippen LogP contribution is -2.37. The Kier molecular flexibility index (Phi) is 3.15. The van der Waals surface area contributed by atoms with Gasteiger partial charge >= 0.3 is 0 Å². The van der Waals surface area contributed by atoms with E-state index in [4.69, 9.17) is 15.2 Å². The van der Waals surface area contributed by atoms with Crippen LogP contribution in [0.5, 0.6) is 5.75 Å². The quantitative estimate of drug-likeness (QED) is 0.587. The SMILES string of the molecule is Nc1cc2c(cc1NCC1(O)CCOC1)NC(=O)CO2. The van der Waals surface area contributed by atoms with Gasteiger partial charge < -0.3 is 30.9 Å². The lowest BCUT2D eigenvalue weighted by molar-refractivity contribution is -0.118. The minimum absolute atomic E-state index is 0.00367. The number of nitrogens with one attached hydrogen (secondary N) is 2. The van der Waals surface area contributed by atoms with Crippen LogP contribution in [-0.4, -0.2) is 43.0 Å². The first kappa shape index (κ1) is 13.0. The number of carbonyl (C=O) groups is 1. The van der Waals surface area contributed by atoms with Crippen LogP contribution in [0.3, 0.4) is 0 Å². The van der Waals surface area contributed by atoms with Crippen LogP contribution < -0.4 is 21.1 Å². The van der Waals surface area contributed by atoms with Gasteiger partial charge in [0.05, 0.1) is 23.7 Å². The Morgan fingerprint density at radius 2 is 2.35 bits per heavy atom. The van der Waals surface area contributed by atoms with Crippen LogP contribution >= 0.6 is 0 Å². The van der Waals surface area contributed by atoms with Crippen molar-refractivity contribution >= 4 is 23.0 Å². The van der Waals surface area contributed by atoms with E-state index >= 15 is 0 Å². The lowest BCUT2D eigenvalue weighted by Gasteiger charge is -2.24. The molecule has 2 heterocycles. The maximum absolute atomic E-state index is 11.3. The maximum atomic E-state index is 11.3. The average Bonchev–Trinajstić information content (AvgIpc) is 2.84. The van der Waals surface area contributed by atoms with Crippen molar-refractivity contribution in [3.8, 4) is 5.75 Å². The van der Waals surface area contributed by atoms with E-state index in [-0.39, 0.29) is 12.5 Å². The molecule has 7 nitrogen and oxygen atoms in total. The third-order valence-corrected chi connectivity index (χ3v) is 3.47. The molecule has 1 aromatic carbocycles. The number of hydrogen-bond donors (Lipinski definition) is 4. The molecule has 5 N–H and O–H groups in total. The van der Waals surface area contributed by atoms with E-state index in [1.54, 1.807) is 12.1 Å². The number of aliphatic hydroxyl groups is 1. The van der Waals surface area contributed by atoms with Gasteiger partial charge in [-0.15, -0.1) is 0 Å². The molecule has 108 valence electrons. The Bertz CT molecular complexity index is 541. The lowest BCUT2D eigenvalue weighted by atomic mass is 10.0. The van der Waals surface area contributed by atoms with E-state index in [0.717, 1.165) is 0 Å². The highest BCUT2D eigenvalue weighted by molar-refractivity contribution is 5.97. The molecule has 3 rings (SSSR count). The largest absolute Gasteiger partial charge is 0.482 e. The van der Waals surface area contributed by atoms with Gasteiger partial charge in [0.1, 0.15) is 11.4 Å². The van der Waals surface area contributed by atoms with Gasteiger partial charge in [0.2, 0.25) is 0 Å². The third-order valence-electron chi connectivity index (χ3n) is 3.47. The fourth-order valence-corrected chi connectivity index (χ4v) is 2.29. The predicted octanol–water partition coefficient (Wildman–Crippen LogP) is 0.163.